The molecule has 10 nitrogen and oxygen atoms in total. The van der Waals surface area contributed by atoms with Gasteiger partial charge in [0.05, 0.1) is 28.4 Å². The molecule has 172 valence electrons. The van der Waals surface area contributed by atoms with Gasteiger partial charge in [0, 0.05) is 17.8 Å². The summed E-state index contributed by atoms with van der Waals surface area (Å²) in [5.41, 5.74) is 1.85. The van der Waals surface area contributed by atoms with Gasteiger partial charge in [-0.25, -0.2) is 13.4 Å². The molecule has 2 aromatic carbocycles. The van der Waals surface area contributed by atoms with E-state index in [9.17, 15) is 8.42 Å². The minimum Gasteiger partial charge on any atom is -0.496 e. The molecule has 0 aliphatic rings. The normalized spacial score (nSPS) is 11.3. The van der Waals surface area contributed by atoms with Crippen LogP contribution in [0.5, 0.6) is 23.1 Å². The van der Waals surface area contributed by atoms with Crippen molar-refractivity contribution in [2.24, 2.45) is 0 Å². The third kappa shape index (κ3) is 4.10. The fourth-order valence-corrected chi connectivity index (χ4v) is 4.69. The van der Waals surface area contributed by atoms with Crippen LogP contribution in [-0.2, 0) is 10.0 Å². The number of pyridine rings is 1. The molecule has 0 aliphatic carbocycles. The molecule has 0 unspecified atom stereocenters. The Kier molecular flexibility index (Phi) is 5.97. The molecule has 4 aromatic rings. The van der Waals surface area contributed by atoms with Gasteiger partial charge in [0.25, 0.3) is 10.0 Å². The summed E-state index contributed by atoms with van der Waals surface area (Å²) in [5.74, 6) is 1.06. The van der Waals surface area contributed by atoms with Crippen LogP contribution < -0.4 is 23.7 Å². The fourth-order valence-electron chi connectivity index (χ4n) is 3.37. The molecular weight excluding hydrogens is 450 g/mol. The number of hydrogen-bond acceptors (Lipinski definition) is 9. The van der Waals surface area contributed by atoms with Crippen LogP contribution in [0.4, 0.5) is 5.82 Å². The van der Waals surface area contributed by atoms with Gasteiger partial charge in [-0.15, -0.1) is 0 Å². The number of aromatic nitrogens is 2. The molecule has 0 bridgehead atoms. The van der Waals surface area contributed by atoms with Crippen LogP contribution in [0.1, 0.15) is 0 Å². The van der Waals surface area contributed by atoms with Crippen molar-refractivity contribution in [2.45, 2.75) is 4.90 Å². The van der Waals surface area contributed by atoms with Crippen LogP contribution in [0, 0.1) is 0 Å². The molecule has 0 spiro atoms. The molecule has 4 rings (SSSR count). The third-order valence-corrected chi connectivity index (χ3v) is 6.32. The average molecular weight is 471 g/mol. The van der Waals surface area contributed by atoms with Crippen molar-refractivity contribution in [2.75, 3.05) is 33.2 Å². The largest absolute Gasteiger partial charge is 0.496 e. The van der Waals surface area contributed by atoms with E-state index in [0.29, 0.717) is 22.6 Å². The number of methoxy groups -OCH3 is 4. The Morgan fingerprint density at radius 2 is 1.55 bits per heavy atom. The van der Waals surface area contributed by atoms with Gasteiger partial charge in [-0.2, -0.15) is 0 Å². The molecule has 2 heterocycles. The smallest absolute Gasteiger partial charge is 0.270 e. The zero-order chi connectivity index (χ0) is 23.6. The topological polar surface area (TPSA) is 122 Å². The van der Waals surface area contributed by atoms with Crippen molar-refractivity contribution < 1.29 is 31.9 Å². The standard InChI is InChI=1S/C22H21N3O7S/c1-28-15-6-5-7-16(29-2)21(15)33(26,27)25-22-20-17(30-3)10-14(11-18(20)32-24-22)13-8-9-19(31-4)23-12-13/h5-12H,1-4H3,(H,24,25). The van der Waals surface area contributed by atoms with Gasteiger partial charge in [-0.05, 0) is 35.9 Å². The molecule has 1 N–H and O–H groups in total. The highest BCUT2D eigenvalue weighted by Crippen LogP contribution is 2.39. The van der Waals surface area contributed by atoms with E-state index in [0.717, 1.165) is 11.1 Å². The van der Waals surface area contributed by atoms with Crippen molar-refractivity contribution in [1.29, 1.82) is 0 Å². The first-order chi connectivity index (χ1) is 15.9. The number of fused-ring (bicyclic) bond motifs is 1. The van der Waals surface area contributed by atoms with Gasteiger partial charge in [0.1, 0.15) is 22.6 Å². The average Bonchev–Trinajstić information content (AvgIpc) is 3.24. The van der Waals surface area contributed by atoms with Crippen LogP contribution in [0.25, 0.3) is 22.1 Å². The summed E-state index contributed by atoms with van der Waals surface area (Å²) in [6, 6.07) is 11.7. The summed E-state index contributed by atoms with van der Waals surface area (Å²) in [6.07, 6.45) is 1.65. The minimum absolute atomic E-state index is 0.0331. The number of benzene rings is 2. The van der Waals surface area contributed by atoms with E-state index in [2.05, 4.69) is 14.9 Å². The molecule has 33 heavy (non-hydrogen) atoms. The Hall–Kier alpha value is -3.99. The zero-order valence-electron chi connectivity index (χ0n) is 18.3. The predicted octanol–water partition coefficient (Wildman–Crippen LogP) is 3.73. The Bertz CT molecular complexity index is 1380. The Balaban J connectivity index is 1.78. The molecule has 0 aliphatic heterocycles. The maximum atomic E-state index is 13.2. The van der Waals surface area contributed by atoms with Gasteiger partial charge in [0.2, 0.25) is 5.88 Å². The second-order valence-electron chi connectivity index (χ2n) is 6.77. The number of ether oxygens (including phenoxy) is 4. The van der Waals surface area contributed by atoms with Gasteiger partial charge in [-0.3, -0.25) is 4.72 Å². The highest BCUT2D eigenvalue weighted by Gasteiger charge is 2.28. The number of anilines is 1. The van der Waals surface area contributed by atoms with Crippen LogP contribution in [-0.4, -0.2) is 47.0 Å². The lowest BCUT2D eigenvalue weighted by atomic mass is 10.1. The molecule has 0 saturated carbocycles. The van der Waals surface area contributed by atoms with Gasteiger partial charge >= 0.3 is 0 Å². The first-order valence-corrected chi connectivity index (χ1v) is 11.1. The summed E-state index contributed by atoms with van der Waals surface area (Å²) in [6.45, 7) is 0. The highest BCUT2D eigenvalue weighted by atomic mass is 32.2. The summed E-state index contributed by atoms with van der Waals surface area (Å²) in [4.78, 5) is 4.04. The Labute approximate surface area is 190 Å². The molecule has 0 atom stereocenters. The van der Waals surface area contributed by atoms with Crippen molar-refractivity contribution in [3.63, 3.8) is 0 Å². The first kappa shape index (κ1) is 22.2. The summed E-state index contributed by atoms with van der Waals surface area (Å²) in [5, 5.41) is 4.29. The predicted molar refractivity (Wildman–Crippen MR) is 121 cm³/mol. The van der Waals surface area contributed by atoms with Gasteiger partial charge in [0.15, 0.2) is 16.3 Å². The van der Waals surface area contributed by atoms with Gasteiger partial charge in [-0.1, -0.05) is 11.2 Å². The fraction of sp³-hybridized carbons (Fsp3) is 0.182. The van der Waals surface area contributed by atoms with Gasteiger partial charge < -0.3 is 23.5 Å². The van der Waals surface area contributed by atoms with Crippen LogP contribution in [0.15, 0.2) is 58.1 Å². The summed E-state index contributed by atoms with van der Waals surface area (Å²) in [7, 11) is 1.60. The third-order valence-electron chi connectivity index (χ3n) is 4.92. The lowest BCUT2D eigenvalue weighted by Crippen LogP contribution is -2.15. The molecule has 0 fully saturated rings. The quantitative estimate of drug-likeness (QED) is 0.409. The van der Waals surface area contributed by atoms with E-state index in [4.69, 9.17) is 23.5 Å². The molecule has 11 heteroatoms. The van der Waals surface area contributed by atoms with E-state index < -0.39 is 10.0 Å². The lowest BCUT2D eigenvalue weighted by molar-refractivity contribution is 0.373. The molecule has 0 radical (unpaired) electrons. The monoisotopic (exact) mass is 471 g/mol. The highest BCUT2D eigenvalue weighted by molar-refractivity contribution is 7.93. The van der Waals surface area contributed by atoms with E-state index >= 15 is 0 Å². The van der Waals surface area contributed by atoms with Crippen molar-refractivity contribution in [3.8, 4) is 34.3 Å². The number of nitrogens with one attached hydrogen (secondary N) is 1. The maximum Gasteiger partial charge on any atom is 0.270 e. The number of nitrogens with zero attached hydrogens (tertiary/aromatic N) is 2. The summed E-state index contributed by atoms with van der Waals surface area (Å²) < 4.78 is 55.4. The van der Waals surface area contributed by atoms with Crippen LogP contribution >= 0.6 is 0 Å². The van der Waals surface area contributed by atoms with Crippen molar-refractivity contribution >= 4 is 26.8 Å². The maximum absolute atomic E-state index is 13.2. The number of sulfonamides is 1. The molecular formula is C22H21N3O7S. The number of rotatable bonds is 8. The van der Waals surface area contributed by atoms with E-state index in [-0.39, 0.29) is 22.2 Å². The van der Waals surface area contributed by atoms with Crippen molar-refractivity contribution in [1.82, 2.24) is 10.1 Å². The van der Waals surface area contributed by atoms with E-state index in [1.807, 2.05) is 6.07 Å². The zero-order valence-corrected chi connectivity index (χ0v) is 19.1. The second-order valence-corrected chi connectivity index (χ2v) is 8.39. The lowest BCUT2D eigenvalue weighted by Gasteiger charge is -2.14. The SMILES string of the molecule is COc1ccc(-c2cc(OC)c3c(NS(=O)(=O)c4c(OC)cccc4OC)noc3c2)cn1. The summed E-state index contributed by atoms with van der Waals surface area (Å²) >= 11 is 0. The van der Waals surface area contributed by atoms with Crippen LogP contribution in [0.3, 0.4) is 0 Å². The van der Waals surface area contributed by atoms with Crippen molar-refractivity contribution in [3.05, 3.63) is 48.7 Å². The molecule has 0 saturated heterocycles. The number of hydrogen-bond donors (Lipinski definition) is 1. The Morgan fingerprint density at radius 3 is 2.12 bits per heavy atom. The first-order valence-electron chi connectivity index (χ1n) is 9.63. The van der Waals surface area contributed by atoms with E-state index in [1.54, 1.807) is 30.5 Å². The minimum atomic E-state index is -4.16. The molecule has 0 amide bonds. The Morgan fingerprint density at radius 1 is 0.848 bits per heavy atom. The van der Waals surface area contributed by atoms with Crippen LogP contribution in [0.2, 0.25) is 0 Å². The van der Waals surface area contributed by atoms with E-state index in [1.165, 1.54) is 40.6 Å². The molecule has 2 aromatic heterocycles. The second kappa shape index (κ2) is 8.87.